The summed E-state index contributed by atoms with van der Waals surface area (Å²) in [6.45, 7) is 5.52. The first-order valence-electron chi connectivity index (χ1n) is 9.29. The zero-order valence-electron chi connectivity index (χ0n) is 17.9. The Morgan fingerprint density at radius 2 is 2.03 bits per heavy atom. The van der Waals surface area contributed by atoms with Crippen LogP contribution in [0.15, 0.2) is 28.5 Å². The maximum Gasteiger partial charge on any atom is 0.312 e. The maximum absolute atomic E-state index is 11.2. The largest absolute Gasteiger partial charge is 0.496 e. The number of nitro groups is 1. The second-order valence-corrected chi connectivity index (χ2v) is 7.55. The summed E-state index contributed by atoms with van der Waals surface area (Å²) >= 11 is 1.33. The van der Waals surface area contributed by atoms with Gasteiger partial charge in [0.05, 0.1) is 30.7 Å². The molecule has 3 aromatic rings. The van der Waals surface area contributed by atoms with E-state index in [1.807, 2.05) is 18.2 Å². The van der Waals surface area contributed by atoms with Crippen molar-refractivity contribution in [2.24, 2.45) is 5.10 Å². The lowest BCUT2D eigenvalue weighted by Crippen LogP contribution is -2.03. The van der Waals surface area contributed by atoms with Gasteiger partial charge >= 0.3 is 5.69 Å². The van der Waals surface area contributed by atoms with E-state index in [0.29, 0.717) is 34.9 Å². The monoisotopic (exact) mass is 445 g/mol. The van der Waals surface area contributed by atoms with Crippen LogP contribution < -0.4 is 4.74 Å². The van der Waals surface area contributed by atoms with Crippen molar-refractivity contribution in [1.82, 2.24) is 24.7 Å². The van der Waals surface area contributed by atoms with Crippen LogP contribution in [0, 0.1) is 30.9 Å². The molecular formula is C19H23N7O4S. The lowest BCUT2D eigenvalue weighted by molar-refractivity contribution is -0.386. The molecule has 0 fully saturated rings. The first kappa shape index (κ1) is 22.4. The van der Waals surface area contributed by atoms with E-state index in [0.717, 1.165) is 16.9 Å². The molecule has 11 nitrogen and oxygen atoms in total. The molecule has 0 bridgehead atoms. The number of nitrogens with zero attached hydrogens (tertiary/aromatic N) is 7. The van der Waals surface area contributed by atoms with Gasteiger partial charge in [-0.05, 0) is 44.5 Å². The molecule has 164 valence electrons. The van der Waals surface area contributed by atoms with Gasteiger partial charge in [-0.2, -0.15) is 14.9 Å². The van der Waals surface area contributed by atoms with Gasteiger partial charge in [-0.1, -0.05) is 11.8 Å². The zero-order chi connectivity index (χ0) is 22.5. The predicted octanol–water partition coefficient (Wildman–Crippen LogP) is 3.10. The molecule has 0 saturated carbocycles. The molecule has 0 atom stereocenters. The van der Waals surface area contributed by atoms with Gasteiger partial charge in [-0.3, -0.25) is 14.8 Å². The molecule has 2 aromatic heterocycles. The standard InChI is InChI=1S/C19H23N7O4S/c1-12-18(26(27)28)13(2)24(23-12)11-31-19-22-21-14(3)25(19)20-9-15-6-7-17(30-5)16(8-15)10-29-4/h6-9H,10-11H2,1-5H3/b20-9-. The Labute approximate surface area is 183 Å². The van der Waals surface area contributed by atoms with Crippen molar-refractivity contribution in [2.45, 2.75) is 38.4 Å². The number of methoxy groups -OCH3 is 2. The van der Waals surface area contributed by atoms with Crippen molar-refractivity contribution < 1.29 is 14.4 Å². The lowest BCUT2D eigenvalue weighted by Gasteiger charge is -2.08. The summed E-state index contributed by atoms with van der Waals surface area (Å²) in [5, 5.41) is 28.8. The number of hydrogen-bond donors (Lipinski definition) is 0. The van der Waals surface area contributed by atoms with Crippen molar-refractivity contribution in [3.8, 4) is 5.75 Å². The third-order valence-electron chi connectivity index (χ3n) is 4.54. The van der Waals surface area contributed by atoms with Crippen LogP contribution >= 0.6 is 11.8 Å². The van der Waals surface area contributed by atoms with Crippen LogP contribution in [0.1, 0.15) is 28.3 Å². The average Bonchev–Trinajstić information content (AvgIpc) is 3.23. The third-order valence-corrected chi connectivity index (χ3v) is 5.42. The van der Waals surface area contributed by atoms with Gasteiger partial charge in [0, 0.05) is 12.7 Å². The highest BCUT2D eigenvalue weighted by Crippen LogP contribution is 2.26. The molecule has 0 spiro atoms. The molecule has 0 aliphatic carbocycles. The van der Waals surface area contributed by atoms with E-state index in [1.165, 1.54) is 11.8 Å². The van der Waals surface area contributed by atoms with E-state index < -0.39 is 4.92 Å². The van der Waals surface area contributed by atoms with E-state index in [-0.39, 0.29) is 5.69 Å². The van der Waals surface area contributed by atoms with Crippen LogP contribution in [0.4, 0.5) is 5.69 Å². The quantitative estimate of drug-likeness (QED) is 0.213. The second kappa shape index (κ2) is 9.71. The van der Waals surface area contributed by atoms with Gasteiger partial charge in [0.15, 0.2) is 5.82 Å². The van der Waals surface area contributed by atoms with Gasteiger partial charge in [0.2, 0.25) is 5.16 Å². The molecule has 0 N–H and O–H groups in total. The third kappa shape index (κ3) is 4.91. The summed E-state index contributed by atoms with van der Waals surface area (Å²) in [4.78, 5) is 10.8. The molecule has 1 aromatic carbocycles. The number of aromatic nitrogens is 5. The molecule has 0 unspecified atom stereocenters. The van der Waals surface area contributed by atoms with Crippen molar-refractivity contribution >= 4 is 23.7 Å². The number of ether oxygens (including phenoxy) is 2. The SMILES string of the molecule is COCc1cc(/C=N\n2c(C)nnc2SCn2nc(C)c([N+](=O)[O-])c2C)ccc1OC. The molecule has 0 aliphatic rings. The molecule has 3 rings (SSSR count). The van der Waals surface area contributed by atoms with Crippen molar-refractivity contribution in [3.63, 3.8) is 0 Å². The number of hydrogen-bond acceptors (Lipinski definition) is 9. The lowest BCUT2D eigenvalue weighted by atomic mass is 10.1. The zero-order valence-corrected chi connectivity index (χ0v) is 18.7. The predicted molar refractivity (Wildman–Crippen MR) is 116 cm³/mol. The number of benzene rings is 1. The Kier molecular flexibility index (Phi) is 7.02. The van der Waals surface area contributed by atoms with Crippen LogP contribution in [0.2, 0.25) is 0 Å². The van der Waals surface area contributed by atoms with Gasteiger partial charge in [-0.25, -0.2) is 0 Å². The van der Waals surface area contributed by atoms with E-state index in [4.69, 9.17) is 9.47 Å². The molecule has 0 saturated heterocycles. The van der Waals surface area contributed by atoms with Crippen LogP contribution in [0.5, 0.6) is 5.75 Å². The van der Waals surface area contributed by atoms with Crippen LogP contribution in [-0.4, -0.2) is 50.0 Å². The minimum atomic E-state index is -0.414. The summed E-state index contributed by atoms with van der Waals surface area (Å²) in [7, 11) is 3.24. The molecule has 12 heteroatoms. The van der Waals surface area contributed by atoms with E-state index in [9.17, 15) is 10.1 Å². The fourth-order valence-corrected chi connectivity index (χ4v) is 3.92. The molecule has 0 radical (unpaired) electrons. The normalized spacial score (nSPS) is 11.4. The highest BCUT2D eigenvalue weighted by molar-refractivity contribution is 7.98. The minimum absolute atomic E-state index is 0.0302. The van der Waals surface area contributed by atoms with Crippen LogP contribution in [0.3, 0.4) is 0 Å². The Hall–Kier alpha value is -3.25. The van der Waals surface area contributed by atoms with Crippen molar-refractivity contribution in [2.75, 3.05) is 14.2 Å². The number of aryl methyl sites for hydroxylation is 2. The Morgan fingerprint density at radius 1 is 1.26 bits per heavy atom. The van der Waals surface area contributed by atoms with Gasteiger partial charge < -0.3 is 9.47 Å². The Bertz CT molecular complexity index is 1120. The van der Waals surface area contributed by atoms with Gasteiger partial charge in [0.25, 0.3) is 0 Å². The summed E-state index contributed by atoms with van der Waals surface area (Å²) in [5.41, 5.74) is 2.68. The Morgan fingerprint density at radius 3 is 2.68 bits per heavy atom. The van der Waals surface area contributed by atoms with Crippen LogP contribution in [0.25, 0.3) is 0 Å². The van der Waals surface area contributed by atoms with Gasteiger partial charge in [0.1, 0.15) is 17.1 Å². The molecule has 0 aliphatic heterocycles. The minimum Gasteiger partial charge on any atom is -0.496 e. The van der Waals surface area contributed by atoms with Gasteiger partial charge in [-0.15, -0.1) is 10.2 Å². The average molecular weight is 446 g/mol. The van der Waals surface area contributed by atoms with Crippen molar-refractivity contribution in [3.05, 3.63) is 56.7 Å². The molecular weight excluding hydrogens is 422 g/mol. The van der Waals surface area contributed by atoms with Crippen LogP contribution in [-0.2, 0) is 17.2 Å². The van der Waals surface area contributed by atoms with E-state index >= 15 is 0 Å². The molecule has 31 heavy (non-hydrogen) atoms. The first-order chi connectivity index (χ1) is 14.8. The molecule has 2 heterocycles. The summed E-state index contributed by atoms with van der Waals surface area (Å²) in [6.07, 6.45) is 1.70. The number of thioether (sulfide) groups is 1. The fourth-order valence-electron chi connectivity index (χ4n) is 3.03. The maximum atomic E-state index is 11.2. The Balaban J connectivity index is 1.80. The fraction of sp³-hybridized carbons (Fsp3) is 0.368. The summed E-state index contributed by atoms with van der Waals surface area (Å²) in [5.74, 6) is 1.70. The van der Waals surface area contributed by atoms with Crippen molar-refractivity contribution in [1.29, 1.82) is 0 Å². The summed E-state index contributed by atoms with van der Waals surface area (Å²) in [6, 6.07) is 5.69. The topological polar surface area (TPSA) is 122 Å². The highest BCUT2D eigenvalue weighted by atomic mass is 32.2. The summed E-state index contributed by atoms with van der Waals surface area (Å²) < 4.78 is 13.8. The molecule has 0 amide bonds. The van der Waals surface area contributed by atoms with E-state index in [1.54, 1.807) is 50.6 Å². The number of rotatable bonds is 9. The smallest absolute Gasteiger partial charge is 0.312 e. The van der Waals surface area contributed by atoms with E-state index in [2.05, 4.69) is 20.4 Å². The highest BCUT2D eigenvalue weighted by Gasteiger charge is 2.22. The first-order valence-corrected chi connectivity index (χ1v) is 10.3. The second-order valence-electron chi connectivity index (χ2n) is 6.64.